The van der Waals surface area contributed by atoms with E-state index in [0.717, 1.165) is 30.4 Å². The zero-order chi connectivity index (χ0) is 14.0. The topological polar surface area (TPSA) is 127 Å². The number of aromatic nitrogens is 2. The third-order valence-corrected chi connectivity index (χ3v) is 4.22. The van der Waals surface area contributed by atoms with E-state index in [0.29, 0.717) is 6.42 Å². The molecule has 0 bridgehead atoms. The summed E-state index contributed by atoms with van der Waals surface area (Å²) in [7, 11) is -3.39. The summed E-state index contributed by atoms with van der Waals surface area (Å²) in [6.45, 7) is 0. The predicted octanol–water partition coefficient (Wildman–Crippen LogP) is 0.397. The van der Waals surface area contributed by atoms with E-state index in [4.69, 9.17) is 5.73 Å². The van der Waals surface area contributed by atoms with Crippen LogP contribution in [-0.4, -0.2) is 36.8 Å². The van der Waals surface area contributed by atoms with Crippen LogP contribution in [0.15, 0.2) is 0 Å². The van der Waals surface area contributed by atoms with Gasteiger partial charge >= 0.3 is 0 Å². The number of anilines is 2. The summed E-state index contributed by atoms with van der Waals surface area (Å²) >= 11 is 0.972. The summed E-state index contributed by atoms with van der Waals surface area (Å²) in [5, 5.41) is 10.4. The molecule has 0 spiro atoms. The number of sulfonamides is 1. The van der Waals surface area contributed by atoms with E-state index in [2.05, 4.69) is 20.2 Å². The van der Waals surface area contributed by atoms with Crippen LogP contribution in [-0.2, 0) is 14.8 Å². The molecule has 2 atom stereocenters. The normalized spacial score (nSPS) is 22.1. The fourth-order valence-corrected chi connectivity index (χ4v) is 3.41. The molecule has 0 aromatic carbocycles. The van der Waals surface area contributed by atoms with Crippen LogP contribution >= 0.6 is 23.7 Å². The van der Waals surface area contributed by atoms with E-state index in [1.165, 1.54) is 0 Å². The average molecular weight is 342 g/mol. The minimum Gasteiger partial charge on any atom is -0.328 e. The molecule has 1 aromatic rings. The number of hydrogen-bond acceptors (Lipinski definition) is 7. The van der Waals surface area contributed by atoms with Gasteiger partial charge in [0.15, 0.2) is 0 Å². The molecule has 1 saturated carbocycles. The maximum Gasteiger partial charge on any atom is 0.231 e. The lowest BCUT2D eigenvalue weighted by Gasteiger charge is -2.07. The average Bonchev–Trinajstić information content (AvgIpc) is 2.85. The van der Waals surface area contributed by atoms with Crippen molar-refractivity contribution in [1.82, 2.24) is 10.2 Å². The van der Waals surface area contributed by atoms with Crippen molar-refractivity contribution in [1.29, 1.82) is 0 Å². The zero-order valence-electron chi connectivity index (χ0n) is 10.7. The van der Waals surface area contributed by atoms with Gasteiger partial charge in [0.1, 0.15) is 0 Å². The minimum absolute atomic E-state index is 0. The van der Waals surface area contributed by atoms with E-state index in [9.17, 15) is 13.2 Å². The number of nitrogens with zero attached hydrogens (tertiary/aromatic N) is 2. The van der Waals surface area contributed by atoms with Crippen LogP contribution in [0, 0.1) is 5.92 Å². The molecule has 4 N–H and O–H groups in total. The van der Waals surface area contributed by atoms with Gasteiger partial charge < -0.3 is 11.1 Å². The van der Waals surface area contributed by atoms with Gasteiger partial charge in [-0.05, 0) is 19.3 Å². The summed E-state index contributed by atoms with van der Waals surface area (Å²) in [5.41, 5.74) is 5.75. The summed E-state index contributed by atoms with van der Waals surface area (Å²) in [6, 6.07) is 0.0765. The van der Waals surface area contributed by atoms with Crippen LogP contribution < -0.4 is 15.8 Å². The molecular weight excluding hydrogens is 326 g/mol. The van der Waals surface area contributed by atoms with Crippen molar-refractivity contribution in [2.24, 2.45) is 11.7 Å². The van der Waals surface area contributed by atoms with E-state index in [1.54, 1.807) is 0 Å². The lowest BCUT2D eigenvalue weighted by molar-refractivity contribution is -0.119. The van der Waals surface area contributed by atoms with Gasteiger partial charge in [-0.25, -0.2) is 8.42 Å². The molecule has 114 valence electrons. The highest BCUT2D eigenvalue weighted by atomic mass is 35.5. The second kappa shape index (κ2) is 6.66. The van der Waals surface area contributed by atoms with E-state index >= 15 is 0 Å². The Balaban J connectivity index is 0.00000200. The van der Waals surface area contributed by atoms with Crippen LogP contribution in [0.5, 0.6) is 0 Å². The van der Waals surface area contributed by atoms with Gasteiger partial charge in [-0.1, -0.05) is 11.3 Å². The van der Waals surface area contributed by atoms with Crippen LogP contribution in [0.1, 0.15) is 19.3 Å². The van der Waals surface area contributed by atoms with Crippen molar-refractivity contribution in [3.63, 3.8) is 0 Å². The smallest absolute Gasteiger partial charge is 0.231 e. The molecule has 0 radical (unpaired) electrons. The highest BCUT2D eigenvalue weighted by molar-refractivity contribution is 7.92. The number of amides is 1. The Labute approximate surface area is 127 Å². The second-order valence-corrected chi connectivity index (χ2v) is 7.27. The van der Waals surface area contributed by atoms with Gasteiger partial charge in [0.25, 0.3) is 0 Å². The summed E-state index contributed by atoms with van der Waals surface area (Å²) in [6.07, 6.45) is 3.29. The van der Waals surface area contributed by atoms with Crippen LogP contribution in [0.3, 0.4) is 0 Å². The number of rotatable bonds is 4. The van der Waals surface area contributed by atoms with E-state index in [-0.39, 0.29) is 40.5 Å². The Bertz CT molecular complexity index is 576. The molecule has 8 nitrogen and oxygen atoms in total. The van der Waals surface area contributed by atoms with E-state index < -0.39 is 10.0 Å². The lowest BCUT2D eigenvalue weighted by Crippen LogP contribution is -2.23. The third kappa shape index (κ3) is 4.85. The fourth-order valence-electron chi connectivity index (χ4n) is 1.94. The van der Waals surface area contributed by atoms with Gasteiger partial charge in [0, 0.05) is 12.0 Å². The van der Waals surface area contributed by atoms with Gasteiger partial charge in [0.2, 0.25) is 26.2 Å². The minimum atomic E-state index is -3.39. The van der Waals surface area contributed by atoms with Crippen molar-refractivity contribution >= 4 is 49.9 Å². The first kappa shape index (κ1) is 17.1. The monoisotopic (exact) mass is 341 g/mol. The van der Waals surface area contributed by atoms with Gasteiger partial charge in [0.05, 0.1) is 6.26 Å². The van der Waals surface area contributed by atoms with Crippen molar-refractivity contribution in [2.75, 3.05) is 16.3 Å². The molecule has 1 aliphatic carbocycles. The van der Waals surface area contributed by atoms with E-state index in [1.807, 2.05) is 0 Å². The van der Waals surface area contributed by atoms with Crippen molar-refractivity contribution in [2.45, 2.75) is 25.3 Å². The Morgan fingerprint density at radius 2 is 2.00 bits per heavy atom. The number of hydrogen-bond donors (Lipinski definition) is 3. The molecule has 1 aromatic heterocycles. The van der Waals surface area contributed by atoms with Crippen LogP contribution in [0.2, 0.25) is 0 Å². The molecule has 0 aliphatic heterocycles. The van der Waals surface area contributed by atoms with Gasteiger partial charge in [-0.15, -0.1) is 22.6 Å². The van der Waals surface area contributed by atoms with Crippen LogP contribution in [0.4, 0.5) is 10.3 Å². The SMILES string of the molecule is CS(=O)(=O)Nc1nnc(NC(=O)C2CCC(N)C2)s1.Cl. The van der Waals surface area contributed by atoms with Crippen molar-refractivity contribution < 1.29 is 13.2 Å². The molecule has 2 unspecified atom stereocenters. The summed E-state index contributed by atoms with van der Waals surface area (Å²) in [5.74, 6) is -0.250. The first-order valence-corrected chi connectivity index (χ1v) is 8.42. The molecule has 2 rings (SSSR count). The number of nitrogens with two attached hydrogens (primary N) is 1. The Hall–Kier alpha value is -0.970. The quantitative estimate of drug-likeness (QED) is 0.727. The molecule has 1 heterocycles. The maximum absolute atomic E-state index is 11.9. The molecule has 1 aliphatic rings. The highest BCUT2D eigenvalue weighted by Crippen LogP contribution is 2.27. The van der Waals surface area contributed by atoms with Crippen LogP contribution in [0.25, 0.3) is 0 Å². The first-order chi connectivity index (χ1) is 8.83. The zero-order valence-corrected chi connectivity index (χ0v) is 13.1. The molecule has 1 fully saturated rings. The Kier molecular flexibility index (Phi) is 5.68. The first-order valence-electron chi connectivity index (χ1n) is 5.71. The van der Waals surface area contributed by atoms with Gasteiger partial charge in [-0.2, -0.15) is 0 Å². The maximum atomic E-state index is 11.9. The number of halogens is 1. The number of nitrogens with one attached hydrogen (secondary N) is 2. The highest BCUT2D eigenvalue weighted by Gasteiger charge is 2.28. The number of carbonyl (C=O) groups excluding carboxylic acids is 1. The molecule has 20 heavy (non-hydrogen) atoms. The molecule has 11 heteroatoms. The lowest BCUT2D eigenvalue weighted by atomic mass is 10.1. The van der Waals surface area contributed by atoms with Gasteiger partial charge in [-0.3, -0.25) is 9.52 Å². The van der Waals surface area contributed by atoms with Crippen molar-refractivity contribution in [3.05, 3.63) is 0 Å². The fraction of sp³-hybridized carbons (Fsp3) is 0.667. The predicted molar refractivity (Wildman–Crippen MR) is 79.6 cm³/mol. The molecule has 1 amide bonds. The Morgan fingerprint density at radius 1 is 1.35 bits per heavy atom. The summed E-state index contributed by atoms with van der Waals surface area (Å²) in [4.78, 5) is 11.9. The third-order valence-electron chi connectivity index (χ3n) is 2.77. The summed E-state index contributed by atoms with van der Waals surface area (Å²) < 4.78 is 24.2. The largest absolute Gasteiger partial charge is 0.328 e. The Morgan fingerprint density at radius 3 is 2.55 bits per heavy atom. The molecular formula is C9H16ClN5O3S2. The standard InChI is InChI=1S/C9H15N5O3S2.ClH/c1-19(16,17)14-9-13-12-8(18-9)11-7(15)5-2-3-6(10)4-5;/h5-6H,2-4,10H2,1H3,(H,13,14)(H,11,12,15);1H. The number of carbonyl (C=O) groups is 1. The second-order valence-electron chi connectivity index (χ2n) is 4.55. The molecule has 0 saturated heterocycles. The van der Waals surface area contributed by atoms with Crippen molar-refractivity contribution in [3.8, 4) is 0 Å².